The average Bonchev–Trinajstić information content (AvgIpc) is 2.97. The number of esters is 2. The van der Waals surface area contributed by atoms with Crippen LogP contribution in [0.2, 0.25) is 0 Å². The summed E-state index contributed by atoms with van der Waals surface area (Å²) < 4.78 is 82.1. The van der Waals surface area contributed by atoms with Crippen molar-refractivity contribution < 1.29 is 53.4 Å². The predicted octanol–water partition coefficient (Wildman–Crippen LogP) is 8.67. The van der Waals surface area contributed by atoms with Gasteiger partial charge >= 0.3 is 32.7 Å². The van der Waals surface area contributed by atoms with Crippen molar-refractivity contribution in [1.82, 2.24) is 0 Å². The van der Waals surface area contributed by atoms with Crippen molar-refractivity contribution in [3.63, 3.8) is 0 Å². The smallest absolute Gasteiger partial charge is 0.446 e. The van der Waals surface area contributed by atoms with Gasteiger partial charge in [0.15, 0.2) is 0 Å². The van der Waals surface area contributed by atoms with Crippen molar-refractivity contribution in [1.29, 1.82) is 0 Å². The third-order valence-electron chi connectivity index (χ3n) is 8.19. The highest BCUT2D eigenvalue weighted by molar-refractivity contribution is 7.81. The van der Waals surface area contributed by atoms with Crippen LogP contribution in [-0.4, -0.2) is 50.1 Å². The molecular formula is C35H60O12S2. The lowest BCUT2D eigenvalue weighted by Gasteiger charge is -2.26. The van der Waals surface area contributed by atoms with Crippen LogP contribution in [0.3, 0.4) is 0 Å². The van der Waals surface area contributed by atoms with Crippen molar-refractivity contribution >= 4 is 32.7 Å². The Morgan fingerprint density at radius 2 is 0.878 bits per heavy atom. The van der Waals surface area contributed by atoms with Gasteiger partial charge in [-0.3, -0.25) is 18.7 Å². The first-order valence-electron chi connectivity index (χ1n) is 18.0. The van der Waals surface area contributed by atoms with Crippen LogP contribution in [0.5, 0.6) is 11.5 Å². The molecule has 1 aromatic carbocycles. The highest BCUT2D eigenvalue weighted by atomic mass is 32.3. The summed E-state index contributed by atoms with van der Waals surface area (Å²) in [6, 6.07) is 3.67. The molecule has 49 heavy (non-hydrogen) atoms. The molecule has 0 bridgehead atoms. The second-order valence-electron chi connectivity index (χ2n) is 12.8. The van der Waals surface area contributed by atoms with Gasteiger partial charge in [0.25, 0.3) is 0 Å². The lowest BCUT2D eigenvalue weighted by atomic mass is 9.98. The third kappa shape index (κ3) is 26.1. The van der Waals surface area contributed by atoms with Crippen LogP contribution in [0.25, 0.3) is 0 Å². The number of unbranched alkanes of at least 4 members (excludes halogenated alkanes) is 17. The highest BCUT2D eigenvalue weighted by Crippen LogP contribution is 2.26. The maximum Gasteiger partial charge on any atom is 0.446 e. The van der Waals surface area contributed by atoms with E-state index in [1.165, 1.54) is 77.3 Å². The van der Waals surface area contributed by atoms with Gasteiger partial charge in [0.2, 0.25) is 0 Å². The molecule has 0 amide bonds. The van der Waals surface area contributed by atoms with Gasteiger partial charge in [-0.15, -0.1) is 0 Å². The van der Waals surface area contributed by atoms with E-state index >= 15 is 0 Å². The van der Waals surface area contributed by atoms with Crippen molar-refractivity contribution in [3.8, 4) is 11.5 Å². The van der Waals surface area contributed by atoms with E-state index in [0.717, 1.165) is 76.7 Å². The minimum Gasteiger partial charge on any atom is -0.459 e. The molecule has 0 aliphatic carbocycles. The van der Waals surface area contributed by atoms with Crippen LogP contribution in [0.15, 0.2) is 18.2 Å². The topological polar surface area (TPSA) is 180 Å². The van der Waals surface area contributed by atoms with Gasteiger partial charge in [-0.25, -0.2) is 0 Å². The molecule has 284 valence electrons. The SMILES string of the molecule is CCCCCCCC[C@H](OC(C)=O)[C@@H](CCCCCCCCCCCCCCCc1cc(OS(=O)(=O)O)cc(OS(=O)(=O)O)c1)OC(C)=O. The van der Waals surface area contributed by atoms with E-state index < -0.39 is 26.9 Å². The quantitative estimate of drug-likeness (QED) is 0.0437. The minimum absolute atomic E-state index is 0.324. The fourth-order valence-corrected chi connectivity index (χ4v) is 6.61. The summed E-state index contributed by atoms with van der Waals surface area (Å²) in [4.78, 5) is 23.5. The van der Waals surface area contributed by atoms with Gasteiger partial charge in [-0.05, 0) is 56.2 Å². The number of ether oxygens (including phenoxy) is 2. The lowest BCUT2D eigenvalue weighted by Crippen LogP contribution is -2.34. The fraction of sp³-hybridized carbons (Fsp3) is 0.771. The second kappa shape index (κ2) is 25.5. The molecule has 0 saturated carbocycles. The summed E-state index contributed by atoms with van der Waals surface area (Å²) in [7, 11) is -9.63. The summed E-state index contributed by atoms with van der Waals surface area (Å²) in [5.74, 6) is -1.33. The van der Waals surface area contributed by atoms with Crippen LogP contribution >= 0.6 is 0 Å². The molecule has 0 heterocycles. The van der Waals surface area contributed by atoms with Crippen molar-refractivity contribution in [2.24, 2.45) is 0 Å². The van der Waals surface area contributed by atoms with Crippen LogP contribution in [0, 0.1) is 0 Å². The zero-order valence-corrected chi connectivity index (χ0v) is 31.4. The van der Waals surface area contributed by atoms with Crippen LogP contribution in [0.1, 0.15) is 161 Å². The third-order valence-corrected chi connectivity index (χ3v) is 8.99. The largest absolute Gasteiger partial charge is 0.459 e. The van der Waals surface area contributed by atoms with Gasteiger partial charge in [0.05, 0.1) is 0 Å². The van der Waals surface area contributed by atoms with E-state index in [9.17, 15) is 26.4 Å². The normalized spacial score (nSPS) is 13.1. The number of carbonyl (C=O) groups is 2. The molecule has 0 aromatic heterocycles. The Bertz CT molecular complexity index is 1230. The second-order valence-corrected chi connectivity index (χ2v) is 14.9. The molecule has 12 nitrogen and oxygen atoms in total. The van der Waals surface area contributed by atoms with Crippen molar-refractivity contribution in [2.75, 3.05) is 0 Å². The van der Waals surface area contributed by atoms with Gasteiger partial charge in [-0.1, -0.05) is 110 Å². The van der Waals surface area contributed by atoms with E-state index in [1.54, 1.807) is 0 Å². The summed E-state index contributed by atoms with van der Waals surface area (Å²) in [6.07, 6.45) is 22.0. The molecular weight excluding hydrogens is 677 g/mol. The Morgan fingerprint density at radius 1 is 0.551 bits per heavy atom. The Balaban J connectivity index is 2.22. The number of hydrogen-bond donors (Lipinski definition) is 2. The Morgan fingerprint density at radius 3 is 1.20 bits per heavy atom. The maximum atomic E-state index is 11.8. The van der Waals surface area contributed by atoms with Crippen molar-refractivity contribution in [2.45, 2.75) is 174 Å². The first kappa shape index (κ1) is 44.6. The van der Waals surface area contributed by atoms with Gasteiger partial charge in [0.1, 0.15) is 23.7 Å². The monoisotopic (exact) mass is 736 g/mol. The first-order valence-corrected chi connectivity index (χ1v) is 20.7. The molecule has 2 N–H and O–H groups in total. The van der Waals surface area contributed by atoms with Crippen LogP contribution in [0.4, 0.5) is 0 Å². The maximum absolute atomic E-state index is 11.8. The number of rotatable bonds is 30. The highest BCUT2D eigenvalue weighted by Gasteiger charge is 2.26. The molecule has 0 fully saturated rings. The zero-order valence-electron chi connectivity index (χ0n) is 29.7. The van der Waals surface area contributed by atoms with E-state index in [4.69, 9.17) is 18.6 Å². The molecule has 0 spiro atoms. The van der Waals surface area contributed by atoms with Gasteiger partial charge in [-0.2, -0.15) is 16.8 Å². The first-order chi connectivity index (χ1) is 23.2. The van der Waals surface area contributed by atoms with E-state index in [-0.39, 0.29) is 29.5 Å². The average molecular weight is 737 g/mol. The molecule has 0 radical (unpaired) electrons. The predicted molar refractivity (Wildman–Crippen MR) is 188 cm³/mol. The lowest BCUT2D eigenvalue weighted by molar-refractivity contribution is -0.166. The van der Waals surface area contributed by atoms with Crippen LogP contribution < -0.4 is 8.37 Å². The van der Waals surface area contributed by atoms with Crippen LogP contribution in [-0.2, 0) is 46.3 Å². The summed E-state index contributed by atoms with van der Waals surface area (Å²) in [5, 5.41) is 0. The van der Waals surface area contributed by atoms with E-state index in [2.05, 4.69) is 15.3 Å². The molecule has 1 aromatic rings. The summed E-state index contributed by atoms with van der Waals surface area (Å²) in [5.41, 5.74) is 0.540. The van der Waals surface area contributed by atoms with Gasteiger partial charge in [0, 0.05) is 19.9 Å². The number of aryl methyl sites for hydroxylation is 1. The molecule has 0 saturated heterocycles. The number of carbonyl (C=O) groups excluding carboxylic acids is 2. The minimum atomic E-state index is -4.82. The van der Waals surface area contributed by atoms with Crippen molar-refractivity contribution in [3.05, 3.63) is 23.8 Å². The standard InChI is InChI=1S/C35H60O12S2/c1-4-5-6-7-18-21-24-34(44-29(2)36)35(45-30(3)37)25-22-19-16-14-12-10-8-9-11-13-15-17-20-23-31-26-32(46-48(38,39)40)28-33(27-31)47-49(41,42)43/h26-28,34-35H,4-25H2,1-3H3,(H,38,39,40)(H,41,42,43)/t34-,35+/m0/s1. The number of benzene rings is 1. The molecule has 14 heteroatoms. The van der Waals surface area contributed by atoms with E-state index in [0.29, 0.717) is 24.8 Å². The Labute approximate surface area is 294 Å². The molecule has 2 atom stereocenters. The molecule has 0 aliphatic rings. The molecule has 1 rings (SSSR count). The number of hydrogen-bond acceptors (Lipinski definition) is 10. The summed E-state index contributed by atoms with van der Waals surface area (Å²) >= 11 is 0. The van der Waals surface area contributed by atoms with Gasteiger partial charge < -0.3 is 17.8 Å². The molecule has 0 aliphatic heterocycles. The van der Waals surface area contributed by atoms with E-state index in [1.807, 2.05) is 0 Å². The molecule has 0 unspecified atom stereocenters. The Kier molecular flexibility index (Phi) is 23.2. The fourth-order valence-electron chi connectivity index (χ4n) is 5.93. The Hall–Kier alpha value is -2.42. The zero-order chi connectivity index (χ0) is 36.5. The summed E-state index contributed by atoms with van der Waals surface area (Å²) in [6.45, 7) is 5.01.